The summed E-state index contributed by atoms with van der Waals surface area (Å²) in [6.07, 6.45) is 1.25. The molecule has 5 nitrogen and oxygen atoms in total. The zero-order valence-electron chi connectivity index (χ0n) is 15.8. The van der Waals surface area contributed by atoms with E-state index in [1.807, 2.05) is 13.0 Å². The molecule has 1 saturated heterocycles. The van der Waals surface area contributed by atoms with Crippen LogP contribution in [0.2, 0.25) is 15.1 Å². The predicted octanol–water partition coefficient (Wildman–Crippen LogP) is 5.14. The Balaban J connectivity index is 1.69. The number of sulfonamides is 1. The highest BCUT2D eigenvalue weighted by Gasteiger charge is 2.32. The number of halogens is 3. The summed E-state index contributed by atoms with van der Waals surface area (Å²) in [6, 6.07) is 10.0. The fourth-order valence-electron chi connectivity index (χ4n) is 3.30. The van der Waals surface area contributed by atoms with Crippen molar-refractivity contribution >= 4 is 56.4 Å². The minimum atomic E-state index is -3.59. The van der Waals surface area contributed by atoms with Gasteiger partial charge in [0, 0.05) is 23.8 Å². The van der Waals surface area contributed by atoms with Crippen LogP contribution in [0.25, 0.3) is 0 Å². The number of anilines is 1. The topological polar surface area (TPSA) is 66.5 Å². The van der Waals surface area contributed by atoms with Crippen LogP contribution in [0.4, 0.5) is 5.69 Å². The third-order valence-corrected chi connectivity index (χ3v) is 7.73. The van der Waals surface area contributed by atoms with Gasteiger partial charge in [0.1, 0.15) is 0 Å². The lowest BCUT2D eigenvalue weighted by Gasteiger charge is -2.31. The molecule has 0 bridgehead atoms. The third-order valence-electron chi connectivity index (χ3n) is 4.94. The van der Waals surface area contributed by atoms with Crippen molar-refractivity contribution in [1.29, 1.82) is 0 Å². The Kier molecular flexibility index (Phi) is 7.12. The Hall–Kier alpha value is -1.31. The molecule has 2 aromatic carbocycles. The average Bonchev–Trinajstić information content (AvgIpc) is 2.67. The van der Waals surface area contributed by atoms with Crippen LogP contribution in [0.3, 0.4) is 0 Å². The molecule has 1 aliphatic rings. The van der Waals surface area contributed by atoms with Crippen molar-refractivity contribution in [2.75, 3.05) is 18.4 Å². The van der Waals surface area contributed by atoms with Crippen LogP contribution in [0.1, 0.15) is 24.0 Å². The van der Waals surface area contributed by atoms with Gasteiger partial charge < -0.3 is 5.32 Å². The normalized spacial score (nSPS) is 17.9. The van der Waals surface area contributed by atoms with Gasteiger partial charge in [-0.2, -0.15) is 0 Å². The highest BCUT2D eigenvalue weighted by Crippen LogP contribution is 2.27. The summed E-state index contributed by atoms with van der Waals surface area (Å²) in [5.41, 5.74) is 2.08. The highest BCUT2D eigenvalue weighted by atomic mass is 35.5. The van der Waals surface area contributed by atoms with Crippen LogP contribution in [-0.4, -0.2) is 31.7 Å². The van der Waals surface area contributed by atoms with Crippen molar-refractivity contribution in [3.63, 3.8) is 0 Å². The van der Waals surface area contributed by atoms with Crippen molar-refractivity contribution in [2.45, 2.75) is 25.5 Å². The minimum absolute atomic E-state index is 0.148. The van der Waals surface area contributed by atoms with Gasteiger partial charge in [-0.3, -0.25) is 4.79 Å². The van der Waals surface area contributed by atoms with Crippen LogP contribution in [-0.2, 0) is 20.6 Å². The van der Waals surface area contributed by atoms with E-state index in [1.165, 1.54) is 4.31 Å². The maximum Gasteiger partial charge on any atom is 0.228 e. The van der Waals surface area contributed by atoms with Gasteiger partial charge in [-0.15, -0.1) is 0 Å². The molecule has 0 saturated carbocycles. The molecule has 3 rings (SSSR count). The Morgan fingerprint density at radius 1 is 1.14 bits per heavy atom. The van der Waals surface area contributed by atoms with Gasteiger partial charge >= 0.3 is 0 Å². The number of aryl methyl sites for hydroxylation is 1. The van der Waals surface area contributed by atoms with Crippen LogP contribution >= 0.6 is 34.8 Å². The van der Waals surface area contributed by atoms with Crippen molar-refractivity contribution in [3.8, 4) is 0 Å². The summed E-state index contributed by atoms with van der Waals surface area (Å²) in [7, 11) is -3.59. The number of hydrogen-bond acceptors (Lipinski definition) is 3. The monoisotopic (exact) mass is 474 g/mol. The van der Waals surface area contributed by atoms with Crippen molar-refractivity contribution in [3.05, 3.63) is 62.6 Å². The van der Waals surface area contributed by atoms with E-state index >= 15 is 0 Å². The first-order valence-corrected chi connectivity index (χ1v) is 11.9. The zero-order valence-corrected chi connectivity index (χ0v) is 18.9. The van der Waals surface area contributed by atoms with Gasteiger partial charge in [0.25, 0.3) is 0 Å². The van der Waals surface area contributed by atoms with Gasteiger partial charge in [-0.05, 0) is 55.2 Å². The lowest BCUT2D eigenvalue weighted by molar-refractivity contribution is -0.120. The lowest BCUT2D eigenvalue weighted by atomic mass is 9.98. The van der Waals surface area contributed by atoms with Crippen LogP contribution in [0.15, 0.2) is 36.4 Å². The van der Waals surface area contributed by atoms with E-state index in [0.717, 1.165) is 5.56 Å². The predicted molar refractivity (Wildman–Crippen MR) is 118 cm³/mol. The summed E-state index contributed by atoms with van der Waals surface area (Å²) in [4.78, 5) is 12.7. The molecule has 0 aromatic heterocycles. The molecule has 0 aliphatic carbocycles. The standard InChI is InChI=1S/C20H21Cl3N2O3S/c1-13-4-6-16(21)10-19(13)24-20(26)15-3-2-8-25(11-15)29(27,28)12-14-5-7-17(22)18(23)9-14/h4-7,9-10,15H,2-3,8,11-12H2,1H3,(H,24,26). The molecule has 0 radical (unpaired) electrons. The number of nitrogens with zero attached hydrogens (tertiary/aromatic N) is 1. The van der Waals surface area contributed by atoms with E-state index in [2.05, 4.69) is 5.32 Å². The quantitative estimate of drug-likeness (QED) is 0.651. The molecule has 1 amide bonds. The molecule has 1 fully saturated rings. The number of amides is 1. The van der Waals surface area contributed by atoms with E-state index in [-0.39, 0.29) is 18.2 Å². The maximum absolute atomic E-state index is 12.9. The SMILES string of the molecule is Cc1ccc(Cl)cc1NC(=O)C1CCCN(S(=O)(=O)Cc2ccc(Cl)c(Cl)c2)C1. The number of carbonyl (C=O) groups excluding carboxylic acids is 1. The van der Waals surface area contributed by atoms with Gasteiger partial charge in [0.05, 0.1) is 21.7 Å². The number of carbonyl (C=O) groups is 1. The Labute approximate surface area is 186 Å². The number of piperidine rings is 1. The molecule has 1 aliphatic heterocycles. The molecule has 1 heterocycles. The first-order valence-electron chi connectivity index (χ1n) is 9.14. The summed E-state index contributed by atoms with van der Waals surface area (Å²) in [5, 5.41) is 4.09. The number of benzene rings is 2. The Morgan fingerprint density at radius 3 is 2.62 bits per heavy atom. The second-order valence-corrected chi connectivity index (χ2v) is 10.4. The van der Waals surface area contributed by atoms with Crippen LogP contribution in [0, 0.1) is 12.8 Å². The molecule has 156 valence electrons. The third kappa shape index (κ3) is 5.64. The number of rotatable bonds is 5. The smallest absolute Gasteiger partial charge is 0.228 e. The maximum atomic E-state index is 12.9. The summed E-state index contributed by atoms with van der Waals surface area (Å²) >= 11 is 17.9. The van der Waals surface area contributed by atoms with Gasteiger partial charge in [0.15, 0.2) is 0 Å². The van der Waals surface area contributed by atoms with Gasteiger partial charge in [0.2, 0.25) is 15.9 Å². The second-order valence-electron chi connectivity index (χ2n) is 7.15. The largest absolute Gasteiger partial charge is 0.326 e. The first-order chi connectivity index (χ1) is 13.7. The van der Waals surface area contributed by atoms with E-state index in [1.54, 1.807) is 30.3 Å². The molecule has 0 spiro atoms. The van der Waals surface area contributed by atoms with Crippen molar-refractivity contribution < 1.29 is 13.2 Å². The Bertz CT molecular complexity index is 1030. The molecule has 9 heteroatoms. The summed E-state index contributed by atoms with van der Waals surface area (Å²) in [6.45, 7) is 2.42. The summed E-state index contributed by atoms with van der Waals surface area (Å²) in [5.74, 6) is -0.818. The fourth-order valence-corrected chi connectivity index (χ4v) is 5.39. The minimum Gasteiger partial charge on any atom is -0.326 e. The second kappa shape index (κ2) is 9.23. The summed E-state index contributed by atoms with van der Waals surface area (Å²) < 4.78 is 27.1. The Morgan fingerprint density at radius 2 is 1.90 bits per heavy atom. The molecule has 1 atom stereocenters. The first kappa shape index (κ1) is 22.4. The number of nitrogens with one attached hydrogen (secondary N) is 1. The number of hydrogen-bond donors (Lipinski definition) is 1. The van der Waals surface area contributed by atoms with Crippen LogP contribution in [0.5, 0.6) is 0 Å². The van der Waals surface area contributed by atoms with Gasteiger partial charge in [-0.1, -0.05) is 46.9 Å². The van der Waals surface area contributed by atoms with Crippen molar-refractivity contribution in [2.24, 2.45) is 5.92 Å². The molecular weight excluding hydrogens is 455 g/mol. The molecule has 2 aromatic rings. The van der Waals surface area contributed by atoms with Crippen LogP contribution < -0.4 is 5.32 Å². The average molecular weight is 476 g/mol. The molecule has 1 N–H and O–H groups in total. The van der Waals surface area contributed by atoms with E-state index < -0.39 is 15.9 Å². The molecule has 29 heavy (non-hydrogen) atoms. The van der Waals surface area contributed by atoms with Crippen molar-refractivity contribution in [1.82, 2.24) is 4.31 Å². The fraction of sp³-hybridized carbons (Fsp3) is 0.350. The zero-order chi connectivity index (χ0) is 21.2. The van der Waals surface area contributed by atoms with Gasteiger partial charge in [-0.25, -0.2) is 12.7 Å². The highest BCUT2D eigenvalue weighted by molar-refractivity contribution is 7.88. The van der Waals surface area contributed by atoms with E-state index in [4.69, 9.17) is 34.8 Å². The van der Waals surface area contributed by atoms with E-state index in [9.17, 15) is 13.2 Å². The van der Waals surface area contributed by atoms with E-state index in [0.29, 0.717) is 45.7 Å². The molecular formula is C20H21Cl3N2O3S. The lowest BCUT2D eigenvalue weighted by Crippen LogP contribution is -2.44. The molecule has 1 unspecified atom stereocenters.